The Morgan fingerprint density at radius 1 is 1.27 bits per heavy atom. The quantitative estimate of drug-likeness (QED) is 0.241. The number of ether oxygens (including phenoxy) is 1. The maximum Gasteiger partial charge on any atom is 0.389 e. The van der Waals surface area contributed by atoms with Crippen molar-refractivity contribution < 1.29 is 22.3 Å². The molecule has 3 nitrogen and oxygen atoms in total. The number of aryl methyl sites for hydroxylation is 1. The zero-order valence-corrected chi connectivity index (χ0v) is 16.8. The van der Waals surface area contributed by atoms with Crippen LogP contribution in [0, 0.1) is 5.82 Å². The minimum Gasteiger partial charge on any atom is -0.361 e. The summed E-state index contributed by atoms with van der Waals surface area (Å²) in [5.74, 6) is -0.613. The standard InChI is InChI=1S/C17H23ClF4N2OSi/c1-26(2,3)7-6-25-11-24-12(9-18)8-15-16(24)13(14(19)10-23-15)4-5-17(20,21)22/h8,10H,4-7,9,11H2,1-3H3. The van der Waals surface area contributed by atoms with Gasteiger partial charge in [0, 0.05) is 32.4 Å². The fourth-order valence-corrected chi connectivity index (χ4v) is 3.59. The van der Waals surface area contributed by atoms with E-state index < -0.39 is 32.9 Å². The first-order valence-corrected chi connectivity index (χ1v) is 12.6. The van der Waals surface area contributed by atoms with E-state index in [2.05, 4.69) is 24.6 Å². The summed E-state index contributed by atoms with van der Waals surface area (Å²) in [6.07, 6.45) is -4.94. The van der Waals surface area contributed by atoms with Gasteiger partial charge in [0.2, 0.25) is 0 Å². The second kappa shape index (κ2) is 8.27. The lowest BCUT2D eigenvalue weighted by atomic mass is 10.1. The molecule has 0 amide bonds. The molecule has 0 aliphatic heterocycles. The van der Waals surface area contributed by atoms with E-state index in [0.29, 0.717) is 23.3 Å². The van der Waals surface area contributed by atoms with E-state index in [1.807, 2.05) is 0 Å². The molecule has 146 valence electrons. The molecule has 0 bridgehead atoms. The molecule has 0 N–H and O–H groups in total. The summed E-state index contributed by atoms with van der Waals surface area (Å²) in [6, 6.07) is 2.62. The summed E-state index contributed by atoms with van der Waals surface area (Å²) in [7, 11) is -1.27. The number of pyridine rings is 1. The molecule has 0 aliphatic carbocycles. The van der Waals surface area contributed by atoms with E-state index in [-0.39, 0.29) is 18.2 Å². The van der Waals surface area contributed by atoms with Gasteiger partial charge in [-0.1, -0.05) is 19.6 Å². The smallest absolute Gasteiger partial charge is 0.361 e. The highest BCUT2D eigenvalue weighted by Crippen LogP contribution is 2.29. The zero-order chi connectivity index (χ0) is 19.5. The van der Waals surface area contributed by atoms with Crippen LogP contribution in [0.3, 0.4) is 0 Å². The van der Waals surface area contributed by atoms with Crippen LogP contribution in [0.2, 0.25) is 25.7 Å². The van der Waals surface area contributed by atoms with E-state index in [0.717, 1.165) is 12.2 Å². The SMILES string of the molecule is C[Si](C)(C)CCOCn1c(CCl)cc2ncc(F)c(CCC(F)(F)F)c21. The van der Waals surface area contributed by atoms with Gasteiger partial charge < -0.3 is 9.30 Å². The second-order valence-corrected chi connectivity index (χ2v) is 13.4. The number of fused-ring (bicyclic) bond motifs is 1. The van der Waals surface area contributed by atoms with E-state index in [9.17, 15) is 17.6 Å². The van der Waals surface area contributed by atoms with Crippen molar-refractivity contribution in [2.75, 3.05) is 6.61 Å². The molecule has 0 unspecified atom stereocenters. The fourth-order valence-electron chi connectivity index (χ4n) is 2.62. The number of nitrogens with zero attached hydrogens (tertiary/aromatic N) is 2. The Morgan fingerprint density at radius 3 is 2.54 bits per heavy atom. The third-order valence-electron chi connectivity index (χ3n) is 4.07. The van der Waals surface area contributed by atoms with Gasteiger partial charge in [0.25, 0.3) is 0 Å². The van der Waals surface area contributed by atoms with Crippen LogP contribution >= 0.6 is 11.6 Å². The van der Waals surface area contributed by atoms with Gasteiger partial charge in [-0.15, -0.1) is 11.6 Å². The highest BCUT2D eigenvalue weighted by Gasteiger charge is 2.28. The van der Waals surface area contributed by atoms with E-state index in [1.165, 1.54) is 0 Å². The van der Waals surface area contributed by atoms with Crippen LogP contribution in [0.4, 0.5) is 17.6 Å². The van der Waals surface area contributed by atoms with Crippen molar-refractivity contribution in [3.8, 4) is 0 Å². The maximum atomic E-state index is 14.2. The van der Waals surface area contributed by atoms with Gasteiger partial charge in [-0.05, 0) is 18.5 Å². The number of alkyl halides is 4. The van der Waals surface area contributed by atoms with Gasteiger partial charge in [0.05, 0.1) is 23.1 Å². The number of halogens is 5. The van der Waals surface area contributed by atoms with Crippen molar-refractivity contribution in [3.05, 3.63) is 29.3 Å². The van der Waals surface area contributed by atoms with Gasteiger partial charge >= 0.3 is 6.18 Å². The van der Waals surface area contributed by atoms with E-state index in [1.54, 1.807) is 10.6 Å². The lowest BCUT2D eigenvalue weighted by Crippen LogP contribution is -2.22. The molecule has 2 rings (SSSR count). The van der Waals surface area contributed by atoms with Crippen LogP contribution in [-0.4, -0.2) is 30.4 Å². The molecule has 0 saturated carbocycles. The first-order valence-electron chi connectivity index (χ1n) is 8.38. The second-order valence-electron chi connectivity index (χ2n) is 7.48. The topological polar surface area (TPSA) is 27.1 Å². The summed E-state index contributed by atoms with van der Waals surface area (Å²) >= 11 is 5.96. The lowest BCUT2D eigenvalue weighted by Gasteiger charge is -2.17. The third kappa shape index (κ3) is 5.69. The monoisotopic (exact) mass is 410 g/mol. The van der Waals surface area contributed by atoms with Gasteiger partial charge in [0.15, 0.2) is 0 Å². The molecule has 2 heterocycles. The van der Waals surface area contributed by atoms with Crippen LogP contribution in [0.15, 0.2) is 12.3 Å². The van der Waals surface area contributed by atoms with Gasteiger partial charge in [-0.2, -0.15) is 13.2 Å². The first kappa shape index (κ1) is 21.2. The Kier molecular flexibility index (Phi) is 6.74. The van der Waals surface area contributed by atoms with Crippen LogP contribution in [0.25, 0.3) is 11.0 Å². The maximum absolute atomic E-state index is 14.2. The van der Waals surface area contributed by atoms with E-state index >= 15 is 0 Å². The summed E-state index contributed by atoms with van der Waals surface area (Å²) < 4.78 is 59.4. The molecule has 0 aromatic carbocycles. The minimum atomic E-state index is -4.36. The predicted molar refractivity (Wildman–Crippen MR) is 97.7 cm³/mol. The number of aromatic nitrogens is 2. The predicted octanol–water partition coefficient (Wildman–Crippen LogP) is 5.72. The fraction of sp³-hybridized carbons (Fsp3) is 0.588. The summed E-state index contributed by atoms with van der Waals surface area (Å²) in [5.41, 5.74) is 1.39. The molecule has 26 heavy (non-hydrogen) atoms. The molecular formula is C17H23ClF4N2OSi. The van der Waals surface area contributed by atoms with Crippen LogP contribution in [0.1, 0.15) is 17.7 Å². The van der Waals surface area contributed by atoms with Crippen LogP contribution in [0.5, 0.6) is 0 Å². The Hall–Kier alpha value is -1.12. The van der Waals surface area contributed by atoms with Gasteiger partial charge in [0.1, 0.15) is 12.5 Å². The molecule has 2 aromatic heterocycles. The highest BCUT2D eigenvalue weighted by molar-refractivity contribution is 6.76. The molecule has 0 fully saturated rings. The zero-order valence-electron chi connectivity index (χ0n) is 15.1. The van der Waals surface area contributed by atoms with Crippen molar-refractivity contribution in [3.63, 3.8) is 0 Å². The summed E-state index contributed by atoms with van der Waals surface area (Å²) in [5, 5.41) is 0. The molecule has 0 spiro atoms. The largest absolute Gasteiger partial charge is 0.389 e. The minimum absolute atomic E-state index is 0.00233. The number of hydrogen-bond acceptors (Lipinski definition) is 2. The molecule has 0 saturated heterocycles. The molecule has 0 radical (unpaired) electrons. The molecular weight excluding hydrogens is 388 g/mol. The molecule has 0 atom stereocenters. The first-order chi connectivity index (χ1) is 12.0. The molecule has 0 aliphatic rings. The average molecular weight is 411 g/mol. The van der Waals surface area contributed by atoms with Crippen molar-refractivity contribution in [2.45, 2.75) is 57.3 Å². The van der Waals surface area contributed by atoms with Crippen LogP contribution in [-0.2, 0) is 23.8 Å². The highest BCUT2D eigenvalue weighted by atomic mass is 35.5. The van der Waals surface area contributed by atoms with Crippen molar-refractivity contribution in [1.29, 1.82) is 0 Å². The van der Waals surface area contributed by atoms with Crippen LogP contribution < -0.4 is 0 Å². The third-order valence-corrected chi connectivity index (χ3v) is 6.04. The normalized spacial score (nSPS) is 12.9. The average Bonchev–Trinajstić information content (AvgIpc) is 2.87. The number of hydrogen-bond donors (Lipinski definition) is 0. The Balaban J connectivity index is 2.32. The molecule has 2 aromatic rings. The Morgan fingerprint density at radius 2 is 1.96 bits per heavy atom. The van der Waals surface area contributed by atoms with Gasteiger partial charge in [-0.3, -0.25) is 4.98 Å². The summed E-state index contributed by atoms with van der Waals surface area (Å²) in [6.45, 7) is 7.32. The Bertz CT molecular complexity index is 756. The van der Waals surface area contributed by atoms with Crippen molar-refractivity contribution in [1.82, 2.24) is 9.55 Å². The Labute approximate surface area is 156 Å². The number of rotatable bonds is 8. The summed E-state index contributed by atoms with van der Waals surface area (Å²) in [4.78, 5) is 4.00. The van der Waals surface area contributed by atoms with Crippen molar-refractivity contribution >= 4 is 30.7 Å². The van der Waals surface area contributed by atoms with Gasteiger partial charge in [-0.25, -0.2) is 4.39 Å². The lowest BCUT2D eigenvalue weighted by molar-refractivity contribution is -0.134. The molecule has 9 heteroatoms. The van der Waals surface area contributed by atoms with E-state index in [4.69, 9.17) is 16.3 Å². The van der Waals surface area contributed by atoms with Crippen molar-refractivity contribution in [2.24, 2.45) is 0 Å².